The van der Waals surface area contributed by atoms with Crippen LogP contribution in [0.25, 0.3) is 0 Å². The summed E-state index contributed by atoms with van der Waals surface area (Å²) in [5.74, 6) is 0.513. The van der Waals surface area contributed by atoms with E-state index in [2.05, 4.69) is 5.32 Å². The van der Waals surface area contributed by atoms with Gasteiger partial charge in [-0.1, -0.05) is 23.7 Å². The highest BCUT2D eigenvalue weighted by atomic mass is 35.5. The van der Waals surface area contributed by atoms with Gasteiger partial charge in [0.25, 0.3) is 0 Å². The fourth-order valence-electron chi connectivity index (χ4n) is 1.47. The van der Waals surface area contributed by atoms with Crippen molar-refractivity contribution in [3.05, 3.63) is 34.9 Å². The van der Waals surface area contributed by atoms with Crippen molar-refractivity contribution in [3.8, 4) is 0 Å². The van der Waals surface area contributed by atoms with E-state index in [-0.39, 0.29) is 5.91 Å². The second-order valence-corrected chi connectivity index (χ2v) is 4.38. The first kappa shape index (κ1) is 10.5. The zero-order valence-corrected chi connectivity index (χ0v) is 9.26. The maximum absolute atomic E-state index is 11.3. The molecule has 80 valence electrons. The van der Waals surface area contributed by atoms with Gasteiger partial charge in [0, 0.05) is 17.5 Å². The number of halogens is 1. The predicted octanol–water partition coefficient (Wildman–Crippen LogP) is 2.41. The molecule has 1 aliphatic carbocycles. The number of carbonyl (C=O) groups excluding carboxylic acids is 1. The maximum atomic E-state index is 11.3. The lowest BCUT2D eigenvalue weighted by Crippen LogP contribution is -2.26. The first-order chi connectivity index (χ1) is 7.25. The number of hydrogen-bond acceptors (Lipinski definition) is 1. The normalized spacial score (nSPS) is 15.0. The Bertz CT molecular complexity index is 343. The number of hydrogen-bond donors (Lipinski definition) is 1. The summed E-state index contributed by atoms with van der Waals surface area (Å²) in [7, 11) is 0. The minimum absolute atomic E-state index is 0.212. The van der Waals surface area contributed by atoms with Crippen molar-refractivity contribution in [2.45, 2.75) is 19.3 Å². The van der Waals surface area contributed by atoms with E-state index < -0.39 is 0 Å². The fourth-order valence-corrected chi connectivity index (χ4v) is 1.60. The minimum Gasteiger partial charge on any atom is -0.356 e. The lowest BCUT2D eigenvalue weighted by atomic mass is 10.1. The molecular formula is C12H14ClNO. The molecule has 1 aromatic rings. The molecule has 0 bridgehead atoms. The average Bonchev–Trinajstić information content (AvgIpc) is 3.04. The Morgan fingerprint density at radius 1 is 1.33 bits per heavy atom. The lowest BCUT2D eigenvalue weighted by Gasteiger charge is -2.04. The number of benzene rings is 1. The van der Waals surface area contributed by atoms with Crippen LogP contribution >= 0.6 is 11.6 Å². The van der Waals surface area contributed by atoms with Gasteiger partial charge in [-0.2, -0.15) is 0 Å². The van der Waals surface area contributed by atoms with Gasteiger partial charge < -0.3 is 5.32 Å². The van der Waals surface area contributed by atoms with E-state index >= 15 is 0 Å². The topological polar surface area (TPSA) is 29.1 Å². The number of rotatable bonds is 4. The first-order valence-corrected chi connectivity index (χ1v) is 5.65. The monoisotopic (exact) mass is 223 g/mol. The molecule has 2 nitrogen and oxygen atoms in total. The molecule has 0 heterocycles. The Morgan fingerprint density at radius 2 is 2.00 bits per heavy atom. The molecule has 0 aromatic heterocycles. The molecule has 1 aliphatic rings. The molecule has 0 spiro atoms. The molecule has 1 amide bonds. The summed E-state index contributed by atoms with van der Waals surface area (Å²) in [6, 6.07) is 7.73. The van der Waals surface area contributed by atoms with Crippen LogP contribution in [0.1, 0.15) is 18.4 Å². The van der Waals surface area contributed by atoms with Gasteiger partial charge in [0.15, 0.2) is 0 Å². The van der Waals surface area contributed by atoms with Crippen LogP contribution in [-0.4, -0.2) is 12.5 Å². The number of nitrogens with one attached hydrogen (secondary N) is 1. The second kappa shape index (κ2) is 4.67. The Balaban J connectivity index is 1.73. The Kier molecular flexibility index (Phi) is 3.27. The van der Waals surface area contributed by atoms with Crippen LogP contribution in [0.3, 0.4) is 0 Å². The third-order valence-electron chi connectivity index (χ3n) is 2.57. The molecule has 0 atom stereocenters. The second-order valence-electron chi connectivity index (χ2n) is 3.94. The summed E-state index contributed by atoms with van der Waals surface area (Å²) >= 11 is 5.78. The molecule has 2 rings (SSSR count). The molecule has 15 heavy (non-hydrogen) atoms. The molecule has 0 radical (unpaired) electrons. The van der Waals surface area contributed by atoms with Gasteiger partial charge in [0.1, 0.15) is 0 Å². The van der Waals surface area contributed by atoms with E-state index in [1.165, 1.54) is 5.56 Å². The van der Waals surface area contributed by atoms with Gasteiger partial charge in [-0.15, -0.1) is 0 Å². The van der Waals surface area contributed by atoms with E-state index in [0.29, 0.717) is 5.92 Å². The molecule has 0 saturated heterocycles. The average molecular weight is 224 g/mol. The quantitative estimate of drug-likeness (QED) is 0.835. The summed E-state index contributed by atoms with van der Waals surface area (Å²) in [6.07, 6.45) is 3.00. The first-order valence-electron chi connectivity index (χ1n) is 5.28. The molecule has 1 aromatic carbocycles. The third kappa shape index (κ3) is 3.24. The van der Waals surface area contributed by atoms with Gasteiger partial charge in [0.2, 0.25) is 5.91 Å². The van der Waals surface area contributed by atoms with Crippen molar-refractivity contribution >= 4 is 17.5 Å². The largest absolute Gasteiger partial charge is 0.356 e. The summed E-state index contributed by atoms with van der Waals surface area (Å²) in [4.78, 5) is 11.3. The SMILES string of the molecule is O=C(NCCc1ccc(Cl)cc1)C1CC1. The summed E-state index contributed by atoms with van der Waals surface area (Å²) in [5, 5.41) is 3.69. The van der Waals surface area contributed by atoms with Crippen molar-refractivity contribution in [2.75, 3.05) is 6.54 Å². The maximum Gasteiger partial charge on any atom is 0.223 e. The van der Waals surface area contributed by atoms with E-state index in [1.807, 2.05) is 24.3 Å². The van der Waals surface area contributed by atoms with E-state index in [0.717, 1.165) is 30.8 Å². The van der Waals surface area contributed by atoms with Gasteiger partial charge in [-0.05, 0) is 37.0 Å². The minimum atomic E-state index is 0.212. The zero-order valence-electron chi connectivity index (χ0n) is 8.50. The van der Waals surface area contributed by atoms with Crippen molar-refractivity contribution < 1.29 is 4.79 Å². The highest BCUT2D eigenvalue weighted by Crippen LogP contribution is 2.28. The molecule has 3 heteroatoms. The molecule has 1 fully saturated rings. The van der Waals surface area contributed by atoms with Crippen LogP contribution in [0, 0.1) is 5.92 Å². The Hall–Kier alpha value is -1.02. The van der Waals surface area contributed by atoms with E-state index in [1.54, 1.807) is 0 Å². The third-order valence-corrected chi connectivity index (χ3v) is 2.83. The van der Waals surface area contributed by atoms with E-state index in [9.17, 15) is 4.79 Å². The number of carbonyl (C=O) groups is 1. The van der Waals surface area contributed by atoms with Crippen molar-refractivity contribution in [1.29, 1.82) is 0 Å². The highest BCUT2D eigenvalue weighted by molar-refractivity contribution is 6.30. The Morgan fingerprint density at radius 3 is 2.60 bits per heavy atom. The van der Waals surface area contributed by atoms with Crippen molar-refractivity contribution in [2.24, 2.45) is 5.92 Å². The van der Waals surface area contributed by atoms with Gasteiger partial charge in [-0.25, -0.2) is 0 Å². The van der Waals surface area contributed by atoms with Crippen LogP contribution in [0.5, 0.6) is 0 Å². The molecule has 0 aliphatic heterocycles. The van der Waals surface area contributed by atoms with Crippen molar-refractivity contribution in [3.63, 3.8) is 0 Å². The number of amides is 1. The standard InChI is InChI=1S/C12H14ClNO/c13-11-5-1-9(2-6-11)7-8-14-12(15)10-3-4-10/h1-2,5-6,10H,3-4,7-8H2,(H,14,15). The smallest absolute Gasteiger partial charge is 0.223 e. The van der Waals surface area contributed by atoms with Crippen LogP contribution < -0.4 is 5.32 Å². The summed E-state index contributed by atoms with van der Waals surface area (Å²) < 4.78 is 0. The van der Waals surface area contributed by atoms with Gasteiger partial charge in [-0.3, -0.25) is 4.79 Å². The lowest BCUT2D eigenvalue weighted by molar-refractivity contribution is -0.122. The van der Waals surface area contributed by atoms with E-state index in [4.69, 9.17) is 11.6 Å². The van der Waals surface area contributed by atoms with Crippen LogP contribution in [0.15, 0.2) is 24.3 Å². The highest BCUT2D eigenvalue weighted by Gasteiger charge is 2.28. The zero-order chi connectivity index (χ0) is 10.7. The van der Waals surface area contributed by atoms with Gasteiger partial charge >= 0.3 is 0 Å². The molecule has 0 unspecified atom stereocenters. The Labute approximate surface area is 94.6 Å². The van der Waals surface area contributed by atoms with Crippen LogP contribution in [0.4, 0.5) is 0 Å². The molecule has 1 N–H and O–H groups in total. The van der Waals surface area contributed by atoms with Crippen LogP contribution in [-0.2, 0) is 11.2 Å². The summed E-state index contributed by atoms with van der Waals surface area (Å²) in [5.41, 5.74) is 1.20. The molecule has 1 saturated carbocycles. The van der Waals surface area contributed by atoms with Crippen molar-refractivity contribution in [1.82, 2.24) is 5.32 Å². The fraction of sp³-hybridized carbons (Fsp3) is 0.417. The predicted molar refractivity (Wildman–Crippen MR) is 60.9 cm³/mol. The van der Waals surface area contributed by atoms with Crippen LogP contribution in [0.2, 0.25) is 5.02 Å². The summed E-state index contributed by atoms with van der Waals surface area (Å²) in [6.45, 7) is 0.719. The molecular weight excluding hydrogens is 210 g/mol. The van der Waals surface area contributed by atoms with Gasteiger partial charge in [0.05, 0.1) is 0 Å².